The molecule has 0 spiro atoms. The van der Waals surface area contributed by atoms with Crippen molar-refractivity contribution >= 4 is 18.5 Å². The molecule has 0 fully saturated rings. The summed E-state index contributed by atoms with van der Waals surface area (Å²) < 4.78 is 0. The predicted octanol–water partition coefficient (Wildman–Crippen LogP) is -0.0826. The second-order valence-electron chi connectivity index (χ2n) is 4.96. The van der Waals surface area contributed by atoms with Crippen LogP contribution in [0.1, 0.15) is 10.5 Å². The van der Waals surface area contributed by atoms with E-state index in [9.17, 15) is 4.79 Å². The van der Waals surface area contributed by atoms with Crippen molar-refractivity contribution in [3.63, 3.8) is 0 Å². The molecule has 8 heteroatoms. The lowest BCUT2D eigenvalue weighted by Gasteiger charge is -2.06. The van der Waals surface area contributed by atoms with E-state index in [1.54, 1.807) is 30.3 Å². The molecule has 2 aromatic carbocycles. The highest BCUT2D eigenvalue weighted by molar-refractivity contribution is 6.58. The lowest BCUT2D eigenvalue weighted by molar-refractivity contribution is 0.0996. The van der Waals surface area contributed by atoms with Crippen LogP contribution in [0.2, 0.25) is 0 Å². The number of amides is 1. The second-order valence-corrected chi connectivity index (χ2v) is 4.96. The quantitative estimate of drug-likeness (QED) is 0.502. The normalized spacial score (nSPS) is 10.5. The SMILES string of the molecule is NC(=O)c1n[nH]nc1-c1cccc(-c2ccc(B(O)O)cc2)c1. The van der Waals surface area contributed by atoms with Crippen molar-refractivity contribution in [1.82, 2.24) is 15.4 Å². The van der Waals surface area contributed by atoms with Crippen LogP contribution in [-0.2, 0) is 0 Å². The number of rotatable bonds is 4. The van der Waals surface area contributed by atoms with Gasteiger partial charge in [0.1, 0.15) is 5.69 Å². The van der Waals surface area contributed by atoms with E-state index >= 15 is 0 Å². The van der Waals surface area contributed by atoms with Crippen LogP contribution in [0.15, 0.2) is 48.5 Å². The van der Waals surface area contributed by atoms with E-state index in [-0.39, 0.29) is 5.69 Å². The molecule has 0 bridgehead atoms. The third-order valence-corrected chi connectivity index (χ3v) is 3.46. The van der Waals surface area contributed by atoms with Gasteiger partial charge in [-0.2, -0.15) is 15.4 Å². The van der Waals surface area contributed by atoms with Gasteiger partial charge in [-0.05, 0) is 22.7 Å². The van der Waals surface area contributed by atoms with Crippen LogP contribution in [0.25, 0.3) is 22.4 Å². The van der Waals surface area contributed by atoms with E-state index in [4.69, 9.17) is 15.8 Å². The molecule has 23 heavy (non-hydrogen) atoms. The largest absolute Gasteiger partial charge is 0.488 e. The van der Waals surface area contributed by atoms with Crippen LogP contribution in [0.4, 0.5) is 0 Å². The number of nitrogens with zero attached hydrogens (tertiary/aromatic N) is 2. The van der Waals surface area contributed by atoms with E-state index in [0.29, 0.717) is 16.7 Å². The van der Waals surface area contributed by atoms with Gasteiger partial charge in [-0.3, -0.25) is 4.79 Å². The minimum atomic E-state index is -1.50. The zero-order chi connectivity index (χ0) is 16.4. The molecular weight excluding hydrogens is 295 g/mol. The Morgan fingerprint density at radius 1 is 1.00 bits per heavy atom. The lowest BCUT2D eigenvalue weighted by atomic mass is 9.80. The van der Waals surface area contributed by atoms with Gasteiger partial charge in [-0.15, -0.1) is 0 Å². The first-order chi connectivity index (χ1) is 11.1. The maximum Gasteiger partial charge on any atom is 0.488 e. The van der Waals surface area contributed by atoms with Gasteiger partial charge in [0.15, 0.2) is 5.69 Å². The number of benzene rings is 2. The third kappa shape index (κ3) is 2.98. The summed E-state index contributed by atoms with van der Waals surface area (Å²) in [4.78, 5) is 11.4. The zero-order valence-electron chi connectivity index (χ0n) is 12.0. The highest BCUT2D eigenvalue weighted by atomic mass is 16.4. The number of aromatic nitrogens is 3. The Labute approximate surface area is 131 Å². The molecular formula is C15H13BN4O3. The maximum absolute atomic E-state index is 11.4. The Morgan fingerprint density at radius 3 is 2.35 bits per heavy atom. The van der Waals surface area contributed by atoms with E-state index in [2.05, 4.69) is 15.4 Å². The molecule has 1 amide bonds. The van der Waals surface area contributed by atoms with Gasteiger partial charge < -0.3 is 15.8 Å². The van der Waals surface area contributed by atoms with Gasteiger partial charge >= 0.3 is 7.12 Å². The monoisotopic (exact) mass is 308 g/mol. The molecule has 1 aromatic heterocycles. The molecule has 0 atom stereocenters. The van der Waals surface area contributed by atoms with Crippen molar-refractivity contribution in [3.05, 3.63) is 54.2 Å². The molecule has 3 rings (SSSR count). The van der Waals surface area contributed by atoms with Gasteiger partial charge in [0.05, 0.1) is 0 Å². The molecule has 5 N–H and O–H groups in total. The Bertz CT molecular complexity index is 846. The van der Waals surface area contributed by atoms with Crippen LogP contribution >= 0.6 is 0 Å². The highest BCUT2D eigenvalue weighted by Gasteiger charge is 2.16. The minimum absolute atomic E-state index is 0.0842. The number of nitrogens with two attached hydrogens (primary N) is 1. The number of aromatic amines is 1. The van der Waals surface area contributed by atoms with Gasteiger partial charge in [0.25, 0.3) is 5.91 Å². The topological polar surface area (TPSA) is 125 Å². The maximum atomic E-state index is 11.4. The summed E-state index contributed by atoms with van der Waals surface area (Å²) in [5.41, 5.74) is 8.65. The summed E-state index contributed by atoms with van der Waals surface area (Å²) in [6, 6.07) is 14.2. The van der Waals surface area contributed by atoms with Crippen molar-refractivity contribution in [2.45, 2.75) is 0 Å². The van der Waals surface area contributed by atoms with Crippen LogP contribution in [0.3, 0.4) is 0 Å². The molecule has 0 unspecified atom stereocenters. The summed E-state index contributed by atoms with van der Waals surface area (Å²) in [5, 5.41) is 28.4. The number of H-pyrrole nitrogens is 1. The molecule has 0 aliphatic rings. The summed E-state index contributed by atoms with van der Waals surface area (Å²) in [7, 11) is -1.50. The van der Waals surface area contributed by atoms with Crippen molar-refractivity contribution in [3.8, 4) is 22.4 Å². The van der Waals surface area contributed by atoms with Crippen molar-refractivity contribution in [2.75, 3.05) is 0 Å². The van der Waals surface area contributed by atoms with Crippen molar-refractivity contribution in [1.29, 1.82) is 0 Å². The van der Waals surface area contributed by atoms with Gasteiger partial charge in [-0.1, -0.05) is 42.5 Å². The number of carbonyl (C=O) groups is 1. The summed E-state index contributed by atoms with van der Waals surface area (Å²) in [6.45, 7) is 0. The van der Waals surface area contributed by atoms with Crippen molar-refractivity contribution < 1.29 is 14.8 Å². The van der Waals surface area contributed by atoms with Crippen molar-refractivity contribution in [2.24, 2.45) is 5.73 Å². The second kappa shape index (κ2) is 6.03. The molecule has 1 heterocycles. The molecule has 7 nitrogen and oxygen atoms in total. The molecule has 3 aromatic rings. The van der Waals surface area contributed by atoms with E-state index < -0.39 is 13.0 Å². The number of nitrogens with one attached hydrogen (secondary N) is 1. The standard InChI is InChI=1S/C15H13BN4O3/c17-15(21)14-13(18-20-19-14)11-3-1-2-10(8-11)9-4-6-12(7-5-9)16(22)23/h1-8,22-23H,(H2,17,21)(H,18,19,20). The van der Waals surface area contributed by atoms with E-state index in [1.807, 2.05) is 18.2 Å². The van der Waals surface area contributed by atoms with Gasteiger partial charge in [-0.25, -0.2) is 0 Å². The highest BCUT2D eigenvalue weighted by Crippen LogP contribution is 2.26. The van der Waals surface area contributed by atoms with Crippen LogP contribution < -0.4 is 11.2 Å². The fourth-order valence-electron chi connectivity index (χ4n) is 2.30. The fourth-order valence-corrected chi connectivity index (χ4v) is 2.30. The molecule has 0 aliphatic heterocycles. The zero-order valence-corrected chi connectivity index (χ0v) is 12.0. The van der Waals surface area contributed by atoms with Crippen LogP contribution in [0, 0.1) is 0 Å². The number of primary amides is 1. The molecule has 0 saturated heterocycles. The Balaban J connectivity index is 2.00. The summed E-state index contributed by atoms with van der Waals surface area (Å²) in [5.74, 6) is -0.652. The smallest absolute Gasteiger partial charge is 0.423 e. The third-order valence-electron chi connectivity index (χ3n) is 3.46. The number of hydrogen-bond acceptors (Lipinski definition) is 5. The predicted molar refractivity (Wildman–Crippen MR) is 85.6 cm³/mol. The first kappa shape index (κ1) is 15.0. The van der Waals surface area contributed by atoms with Gasteiger partial charge in [0.2, 0.25) is 0 Å². The molecule has 0 saturated carbocycles. The summed E-state index contributed by atoms with van der Waals surface area (Å²) >= 11 is 0. The van der Waals surface area contributed by atoms with E-state index in [0.717, 1.165) is 11.1 Å². The molecule has 0 aliphatic carbocycles. The summed E-state index contributed by atoms with van der Waals surface area (Å²) in [6.07, 6.45) is 0. The number of carbonyl (C=O) groups excluding carboxylic acids is 1. The molecule has 114 valence electrons. The lowest BCUT2D eigenvalue weighted by Crippen LogP contribution is -2.29. The Morgan fingerprint density at radius 2 is 1.70 bits per heavy atom. The number of hydrogen-bond donors (Lipinski definition) is 4. The molecule has 0 radical (unpaired) electrons. The first-order valence-electron chi connectivity index (χ1n) is 6.84. The first-order valence-corrected chi connectivity index (χ1v) is 6.84. The van der Waals surface area contributed by atoms with Gasteiger partial charge in [0, 0.05) is 5.56 Å². The minimum Gasteiger partial charge on any atom is -0.423 e. The van der Waals surface area contributed by atoms with E-state index in [1.165, 1.54) is 0 Å². The average molecular weight is 308 g/mol. The van der Waals surface area contributed by atoms with Crippen LogP contribution in [-0.4, -0.2) is 38.5 Å². The Kier molecular flexibility index (Phi) is 3.92. The fraction of sp³-hybridized carbons (Fsp3) is 0. The van der Waals surface area contributed by atoms with Crippen LogP contribution in [0.5, 0.6) is 0 Å². The Hall–Kier alpha value is -2.97. The average Bonchev–Trinajstić information content (AvgIpc) is 3.05.